The maximum absolute atomic E-state index is 12.9. The molecule has 0 unspecified atom stereocenters. The molecule has 0 atom stereocenters. The Morgan fingerprint density at radius 3 is 2.26 bits per heavy atom. The SMILES string of the molecule is Cc1ccc(NC(=O)c2cccc(CF)c2)cc1C(=O)Nc1cnc(Nc2ccccc2)nc1. The highest BCUT2D eigenvalue weighted by atomic mass is 19.1. The summed E-state index contributed by atoms with van der Waals surface area (Å²) in [7, 11) is 0. The van der Waals surface area contributed by atoms with Crippen molar-refractivity contribution in [2.45, 2.75) is 13.6 Å². The minimum Gasteiger partial charge on any atom is -0.324 e. The van der Waals surface area contributed by atoms with Crippen molar-refractivity contribution in [2.24, 2.45) is 0 Å². The normalized spacial score (nSPS) is 10.4. The lowest BCUT2D eigenvalue weighted by molar-refractivity contribution is 0.101. The van der Waals surface area contributed by atoms with Crippen LogP contribution in [0.1, 0.15) is 31.8 Å². The summed E-state index contributed by atoms with van der Waals surface area (Å²) >= 11 is 0. The second-order valence-corrected chi connectivity index (χ2v) is 7.56. The second kappa shape index (κ2) is 10.4. The zero-order valence-corrected chi connectivity index (χ0v) is 18.4. The van der Waals surface area contributed by atoms with Crippen molar-refractivity contribution in [3.05, 3.63) is 107 Å². The average Bonchev–Trinajstić information content (AvgIpc) is 2.87. The van der Waals surface area contributed by atoms with Gasteiger partial charge in [-0.15, -0.1) is 0 Å². The number of nitrogens with zero attached hydrogens (tertiary/aromatic N) is 2. The summed E-state index contributed by atoms with van der Waals surface area (Å²) in [5.41, 5.74) is 3.61. The molecule has 1 aromatic heterocycles. The Morgan fingerprint density at radius 1 is 0.794 bits per heavy atom. The highest BCUT2D eigenvalue weighted by Crippen LogP contribution is 2.19. The molecule has 1 heterocycles. The topological polar surface area (TPSA) is 96.0 Å². The maximum atomic E-state index is 12.9. The smallest absolute Gasteiger partial charge is 0.256 e. The number of hydrogen-bond donors (Lipinski definition) is 3. The Hall–Kier alpha value is -4.59. The van der Waals surface area contributed by atoms with Crippen LogP contribution < -0.4 is 16.0 Å². The number of aromatic nitrogens is 2. The molecule has 3 aromatic carbocycles. The van der Waals surface area contributed by atoms with Gasteiger partial charge >= 0.3 is 0 Å². The van der Waals surface area contributed by atoms with Crippen LogP contribution in [0.15, 0.2) is 85.2 Å². The largest absolute Gasteiger partial charge is 0.324 e. The molecule has 0 aliphatic rings. The molecule has 0 saturated carbocycles. The molecule has 8 heteroatoms. The Balaban J connectivity index is 1.44. The first-order valence-electron chi connectivity index (χ1n) is 10.5. The van der Waals surface area contributed by atoms with Gasteiger partial charge in [0.05, 0.1) is 18.1 Å². The monoisotopic (exact) mass is 455 g/mol. The van der Waals surface area contributed by atoms with E-state index in [-0.39, 0.29) is 11.8 Å². The molecule has 0 saturated heterocycles. The van der Waals surface area contributed by atoms with Gasteiger partial charge in [-0.3, -0.25) is 9.59 Å². The molecule has 0 spiro atoms. The second-order valence-electron chi connectivity index (χ2n) is 7.56. The summed E-state index contributed by atoms with van der Waals surface area (Å²) in [5, 5.41) is 8.60. The number of aryl methyl sites for hydroxylation is 1. The molecule has 170 valence electrons. The van der Waals surface area contributed by atoms with Gasteiger partial charge in [0, 0.05) is 22.5 Å². The summed E-state index contributed by atoms with van der Waals surface area (Å²) < 4.78 is 12.9. The standard InChI is InChI=1S/C26H22FN5O2/c1-17-10-11-21(30-24(33)19-7-5-6-18(12-19)14-27)13-23(17)25(34)31-22-15-28-26(29-16-22)32-20-8-3-2-4-9-20/h2-13,15-16H,14H2,1H3,(H,30,33)(H,31,34)(H,28,29,32). The summed E-state index contributed by atoms with van der Waals surface area (Å²) in [4.78, 5) is 33.9. The van der Waals surface area contributed by atoms with E-state index in [4.69, 9.17) is 0 Å². The molecule has 0 aliphatic carbocycles. The molecular formula is C26H22FN5O2. The average molecular weight is 455 g/mol. The zero-order valence-electron chi connectivity index (χ0n) is 18.4. The van der Waals surface area contributed by atoms with Crippen LogP contribution in [0.2, 0.25) is 0 Å². The highest BCUT2D eigenvalue weighted by molar-refractivity contribution is 6.08. The first-order valence-corrected chi connectivity index (χ1v) is 10.5. The number of carbonyl (C=O) groups is 2. The van der Waals surface area contributed by atoms with E-state index in [9.17, 15) is 14.0 Å². The third-order valence-electron chi connectivity index (χ3n) is 5.02. The van der Waals surface area contributed by atoms with Crippen LogP contribution >= 0.6 is 0 Å². The first kappa shape index (κ1) is 22.6. The number of nitrogens with one attached hydrogen (secondary N) is 3. The molecule has 4 aromatic rings. The number of benzene rings is 3. The van der Waals surface area contributed by atoms with Gasteiger partial charge in [0.15, 0.2) is 0 Å². The van der Waals surface area contributed by atoms with Crippen molar-refractivity contribution >= 4 is 34.8 Å². The predicted molar refractivity (Wildman–Crippen MR) is 130 cm³/mol. The van der Waals surface area contributed by atoms with Gasteiger partial charge in [-0.05, 0) is 54.4 Å². The minimum atomic E-state index is -0.650. The Labute approximate surface area is 196 Å². The lowest BCUT2D eigenvalue weighted by Gasteiger charge is -2.11. The van der Waals surface area contributed by atoms with Gasteiger partial charge in [-0.2, -0.15) is 0 Å². The lowest BCUT2D eigenvalue weighted by Crippen LogP contribution is -2.16. The van der Waals surface area contributed by atoms with Crippen molar-refractivity contribution in [3.8, 4) is 0 Å². The van der Waals surface area contributed by atoms with Crippen molar-refractivity contribution in [2.75, 3.05) is 16.0 Å². The number of para-hydroxylation sites is 1. The molecule has 4 rings (SSSR count). The van der Waals surface area contributed by atoms with Crippen LogP contribution in [0.3, 0.4) is 0 Å². The highest BCUT2D eigenvalue weighted by Gasteiger charge is 2.13. The van der Waals surface area contributed by atoms with Crippen molar-refractivity contribution in [1.29, 1.82) is 0 Å². The fraction of sp³-hybridized carbons (Fsp3) is 0.0769. The van der Waals surface area contributed by atoms with E-state index in [2.05, 4.69) is 25.9 Å². The van der Waals surface area contributed by atoms with Crippen molar-refractivity contribution < 1.29 is 14.0 Å². The third-order valence-corrected chi connectivity index (χ3v) is 5.02. The van der Waals surface area contributed by atoms with Gasteiger partial charge in [0.1, 0.15) is 6.67 Å². The number of anilines is 4. The molecule has 0 aliphatic heterocycles. The number of rotatable bonds is 7. The molecule has 7 nitrogen and oxygen atoms in total. The summed E-state index contributed by atoms with van der Waals surface area (Å²) in [6, 6.07) is 20.9. The summed E-state index contributed by atoms with van der Waals surface area (Å²) in [5.74, 6) is -0.345. The van der Waals surface area contributed by atoms with E-state index in [0.29, 0.717) is 34.0 Å². The fourth-order valence-corrected chi connectivity index (χ4v) is 3.25. The first-order chi connectivity index (χ1) is 16.5. The van der Waals surface area contributed by atoms with E-state index < -0.39 is 6.67 Å². The fourth-order valence-electron chi connectivity index (χ4n) is 3.25. The summed E-state index contributed by atoms with van der Waals surface area (Å²) in [6.07, 6.45) is 3.02. The van der Waals surface area contributed by atoms with Crippen molar-refractivity contribution in [3.63, 3.8) is 0 Å². The van der Waals surface area contributed by atoms with Crippen LogP contribution in [0.25, 0.3) is 0 Å². The lowest BCUT2D eigenvalue weighted by atomic mass is 10.1. The number of amides is 2. The summed E-state index contributed by atoms with van der Waals surface area (Å²) in [6.45, 7) is 1.15. The maximum Gasteiger partial charge on any atom is 0.256 e. The van der Waals surface area contributed by atoms with Crippen LogP contribution in [0.4, 0.5) is 27.4 Å². The van der Waals surface area contributed by atoms with Crippen LogP contribution in [-0.2, 0) is 6.67 Å². The van der Waals surface area contributed by atoms with Gasteiger partial charge in [0.25, 0.3) is 11.8 Å². The Kier molecular flexibility index (Phi) is 6.88. The van der Waals surface area contributed by atoms with E-state index in [1.807, 2.05) is 30.3 Å². The van der Waals surface area contributed by atoms with E-state index in [1.165, 1.54) is 18.5 Å². The van der Waals surface area contributed by atoms with Crippen molar-refractivity contribution in [1.82, 2.24) is 9.97 Å². The number of halogens is 1. The molecule has 2 amide bonds. The van der Waals surface area contributed by atoms with Crippen LogP contribution in [-0.4, -0.2) is 21.8 Å². The number of carbonyl (C=O) groups excluding carboxylic acids is 2. The van der Waals surface area contributed by atoms with Crippen LogP contribution in [0, 0.1) is 6.92 Å². The van der Waals surface area contributed by atoms with Gasteiger partial charge < -0.3 is 16.0 Å². The van der Waals surface area contributed by atoms with E-state index in [0.717, 1.165) is 11.3 Å². The van der Waals surface area contributed by atoms with E-state index >= 15 is 0 Å². The minimum absolute atomic E-state index is 0.336. The molecule has 0 bridgehead atoms. The zero-order chi connectivity index (χ0) is 23.9. The van der Waals surface area contributed by atoms with Gasteiger partial charge in [0.2, 0.25) is 5.95 Å². The number of hydrogen-bond acceptors (Lipinski definition) is 5. The quantitative estimate of drug-likeness (QED) is 0.342. The Bertz CT molecular complexity index is 1310. The predicted octanol–water partition coefficient (Wildman–Crippen LogP) is 5.50. The third kappa shape index (κ3) is 5.60. The van der Waals surface area contributed by atoms with Crippen LogP contribution in [0.5, 0.6) is 0 Å². The van der Waals surface area contributed by atoms with Gasteiger partial charge in [-0.25, -0.2) is 14.4 Å². The number of alkyl halides is 1. The van der Waals surface area contributed by atoms with Gasteiger partial charge in [-0.1, -0.05) is 36.4 Å². The Morgan fingerprint density at radius 2 is 1.53 bits per heavy atom. The molecule has 3 N–H and O–H groups in total. The molecular weight excluding hydrogens is 433 g/mol. The molecule has 0 radical (unpaired) electrons. The van der Waals surface area contributed by atoms with E-state index in [1.54, 1.807) is 43.3 Å². The molecule has 0 fully saturated rings. The molecule has 34 heavy (non-hydrogen) atoms.